The summed E-state index contributed by atoms with van der Waals surface area (Å²) in [5.41, 5.74) is 2.87. The summed E-state index contributed by atoms with van der Waals surface area (Å²) in [6, 6.07) is 1.66. The fraction of sp³-hybridized carbons (Fsp3) is 0.545. The molecule has 0 spiro atoms. The second kappa shape index (κ2) is 6.36. The minimum absolute atomic E-state index is 0.0722. The van der Waals surface area contributed by atoms with Crippen LogP contribution in [0.4, 0.5) is 13.2 Å². The number of alkyl halides is 3. The molecule has 1 rings (SSSR count). The molecule has 8 heteroatoms. The first-order valence-corrected chi connectivity index (χ1v) is 6.40. The van der Waals surface area contributed by atoms with Gasteiger partial charge in [-0.25, -0.2) is 5.84 Å². The van der Waals surface area contributed by atoms with Gasteiger partial charge in [-0.1, -0.05) is 0 Å². The molecular formula is C11H16F3N3OS. The number of thiophene rings is 1. The molecule has 1 heterocycles. The lowest BCUT2D eigenvalue weighted by Crippen LogP contribution is -2.29. The van der Waals surface area contributed by atoms with Gasteiger partial charge in [0.1, 0.15) is 0 Å². The topological polar surface area (TPSA) is 58.4 Å². The number of nitrogens with zero attached hydrogens (tertiary/aromatic N) is 1. The summed E-state index contributed by atoms with van der Waals surface area (Å²) >= 11 is 1.27. The summed E-state index contributed by atoms with van der Waals surface area (Å²) < 4.78 is 36.3. The molecule has 0 saturated heterocycles. The summed E-state index contributed by atoms with van der Waals surface area (Å²) in [6.07, 6.45) is -4.99. The molecule has 1 amide bonds. The Morgan fingerprint density at radius 2 is 2.16 bits per heavy atom. The van der Waals surface area contributed by atoms with Crippen LogP contribution in [0.3, 0.4) is 0 Å². The van der Waals surface area contributed by atoms with E-state index in [9.17, 15) is 18.0 Å². The van der Waals surface area contributed by atoms with Gasteiger partial charge in [-0.15, -0.1) is 11.3 Å². The smallest absolute Gasteiger partial charge is 0.302 e. The molecule has 0 atom stereocenters. The van der Waals surface area contributed by atoms with Crippen molar-refractivity contribution in [3.63, 3.8) is 0 Å². The van der Waals surface area contributed by atoms with Crippen LogP contribution >= 0.6 is 11.3 Å². The van der Waals surface area contributed by atoms with E-state index in [0.29, 0.717) is 11.4 Å². The number of carbonyl (C=O) groups is 1. The summed E-state index contributed by atoms with van der Waals surface area (Å²) in [4.78, 5) is 14.3. The van der Waals surface area contributed by atoms with Crippen molar-refractivity contribution in [2.24, 2.45) is 5.84 Å². The normalized spacial score (nSPS) is 11.9. The highest BCUT2D eigenvalue weighted by Gasteiger charge is 2.27. The van der Waals surface area contributed by atoms with Crippen LogP contribution in [0.25, 0.3) is 0 Å². The SMILES string of the molecule is Cc1sc(C(=O)NN)cc1CN(C)CCC(F)(F)F. The third-order valence-electron chi connectivity index (χ3n) is 2.59. The van der Waals surface area contributed by atoms with E-state index in [4.69, 9.17) is 5.84 Å². The Bertz CT molecular complexity index is 445. The first-order chi connectivity index (χ1) is 8.73. The first kappa shape index (κ1) is 15.9. The van der Waals surface area contributed by atoms with Crippen molar-refractivity contribution >= 4 is 17.2 Å². The van der Waals surface area contributed by atoms with Gasteiger partial charge in [0.25, 0.3) is 5.91 Å². The molecule has 108 valence electrons. The Kier molecular flexibility index (Phi) is 5.33. The maximum absolute atomic E-state index is 12.1. The molecule has 0 unspecified atom stereocenters. The number of nitrogen functional groups attached to an aromatic ring is 1. The lowest BCUT2D eigenvalue weighted by atomic mass is 10.2. The highest BCUT2D eigenvalue weighted by atomic mass is 32.1. The first-order valence-electron chi connectivity index (χ1n) is 5.58. The van der Waals surface area contributed by atoms with E-state index in [1.807, 2.05) is 12.3 Å². The number of carbonyl (C=O) groups excluding carboxylic acids is 1. The molecule has 0 radical (unpaired) electrons. The van der Waals surface area contributed by atoms with Crippen LogP contribution in [0.2, 0.25) is 0 Å². The fourth-order valence-electron chi connectivity index (χ4n) is 1.55. The van der Waals surface area contributed by atoms with E-state index in [1.165, 1.54) is 11.3 Å². The molecule has 0 aliphatic heterocycles. The van der Waals surface area contributed by atoms with E-state index >= 15 is 0 Å². The fourth-order valence-corrected chi connectivity index (χ4v) is 2.48. The highest BCUT2D eigenvalue weighted by Crippen LogP contribution is 2.24. The molecule has 1 aromatic rings. The molecule has 0 aromatic carbocycles. The van der Waals surface area contributed by atoms with Crippen molar-refractivity contribution in [3.05, 3.63) is 21.4 Å². The molecule has 19 heavy (non-hydrogen) atoms. The second-order valence-corrected chi connectivity index (χ2v) is 5.52. The summed E-state index contributed by atoms with van der Waals surface area (Å²) in [6.45, 7) is 2.12. The van der Waals surface area contributed by atoms with Crippen molar-refractivity contribution in [2.45, 2.75) is 26.1 Å². The molecule has 0 aliphatic rings. The Balaban J connectivity index is 2.62. The number of nitrogens with two attached hydrogens (primary N) is 1. The maximum atomic E-state index is 12.1. The van der Waals surface area contributed by atoms with Crippen molar-refractivity contribution in [1.82, 2.24) is 10.3 Å². The monoisotopic (exact) mass is 295 g/mol. The number of hydrogen-bond acceptors (Lipinski definition) is 4. The van der Waals surface area contributed by atoms with Crippen molar-refractivity contribution in [2.75, 3.05) is 13.6 Å². The van der Waals surface area contributed by atoms with Crippen LogP contribution in [0.15, 0.2) is 6.07 Å². The Morgan fingerprint density at radius 1 is 1.53 bits per heavy atom. The number of hydrogen-bond donors (Lipinski definition) is 2. The zero-order valence-electron chi connectivity index (χ0n) is 10.7. The number of amides is 1. The second-order valence-electron chi connectivity index (χ2n) is 4.27. The summed E-state index contributed by atoms with van der Waals surface area (Å²) in [5.74, 6) is 4.64. The van der Waals surface area contributed by atoms with Crippen LogP contribution < -0.4 is 11.3 Å². The average molecular weight is 295 g/mol. The van der Waals surface area contributed by atoms with E-state index in [1.54, 1.807) is 18.0 Å². The molecule has 0 fully saturated rings. The third-order valence-corrected chi connectivity index (χ3v) is 3.68. The number of halogens is 3. The molecular weight excluding hydrogens is 279 g/mol. The number of hydrazine groups is 1. The van der Waals surface area contributed by atoms with Gasteiger partial charge < -0.3 is 4.90 Å². The minimum Gasteiger partial charge on any atom is -0.302 e. The molecule has 3 N–H and O–H groups in total. The Labute approximate surface area is 113 Å². The molecule has 0 aliphatic carbocycles. The zero-order chi connectivity index (χ0) is 14.6. The number of aryl methyl sites for hydroxylation is 1. The molecule has 4 nitrogen and oxygen atoms in total. The van der Waals surface area contributed by atoms with Gasteiger partial charge in [-0.05, 0) is 25.6 Å². The quantitative estimate of drug-likeness (QED) is 0.496. The van der Waals surface area contributed by atoms with Gasteiger partial charge in [-0.2, -0.15) is 13.2 Å². The van der Waals surface area contributed by atoms with Crippen LogP contribution in [0.5, 0.6) is 0 Å². The summed E-state index contributed by atoms with van der Waals surface area (Å²) in [7, 11) is 1.62. The summed E-state index contributed by atoms with van der Waals surface area (Å²) in [5, 5.41) is 0. The molecule has 0 bridgehead atoms. The van der Waals surface area contributed by atoms with Crippen LogP contribution in [0, 0.1) is 6.92 Å². The Morgan fingerprint density at radius 3 is 2.68 bits per heavy atom. The van der Waals surface area contributed by atoms with Crippen molar-refractivity contribution in [3.8, 4) is 0 Å². The van der Waals surface area contributed by atoms with Gasteiger partial charge in [-0.3, -0.25) is 10.2 Å². The van der Waals surface area contributed by atoms with Gasteiger partial charge in [0.15, 0.2) is 0 Å². The van der Waals surface area contributed by atoms with Gasteiger partial charge in [0.2, 0.25) is 0 Å². The van der Waals surface area contributed by atoms with Crippen LogP contribution in [0.1, 0.15) is 26.5 Å². The van der Waals surface area contributed by atoms with E-state index in [2.05, 4.69) is 0 Å². The maximum Gasteiger partial charge on any atom is 0.390 e. The van der Waals surface area contributed by atoms with Crippen molar-refractivity contribution < 1.29 is 18.0 Å². The standard InChI is InChI=1S/C11H16F3N3OS/c1-7-8(5-9(19-7)10(18)16-15)6-17(2)4-3-11(12,13)14/h5H,3-4,6,15H2,1-2H3,(H,16,18). The lowest BCUT2D eigenvalue weighted by Gasteiger charge is -2.17. The predicted octanol–water partition coefficient (Wildman–Crippen LogP) is 2.04. The predicted molar refractivity (Wildman–Crippen MR) is 67.7 cm³/mol. The van der Waals surface area contributed by atoms with Crippen molar-refractivity contribution in [1.29, 1.82) is 0 Å². The number of rotatable bonds is 5. The van der Waals surface area contributed by atoms with Crippen LogP contribution in [-0.4, -0.2) is 30.6 Å². The van der Waals surface area contributed by atoms with E-state index in [-0.39, 0.29) is 6.54 Å². The van der Waals surface area contributed by atoms with E-state index in [0.717, 1.165) is 10.4 Å². The average Bonchev–Trinajstić information content (AvgIpc) is 2.66. The largest absolute Gasteiger partial charge is 0.390 e. The van der Waals surface area contributed by atoms with E-state index < -0.39 is 18.5 Å². The molecule has 0 saturated carbocycles. The minimum atomic E-state index is -4.15. The highest BCUT2D eigenvalue weighted by molar-refractivity contribution is 7.14. The molecule has 1 aromatic heterocycles. The van der Waals surface area contributed by atoms with Gasteiger partial charge in [0, 0.05) is 18.0 Å². The van der Waals surface area contributed by atoms with Gasteiger partial charge in [0.05, 0.1) is 11.3 Å². The zero-order valence-corrected chi connectivity index (χ0v) is 11.5. The van der Waals surface area contributed by atoms with Crippen LogP contribution in [-0.2, 0) is 6.54 Å². The third kappa shape index (κ3) is 5.17. The number of nitrogens with one attached hydrogen (secondary N) is 1. The Hall–Kier alpha value is -1.12. The lowest BCUT2D eigenvalue weighted by molar-refractivity contribution is -0.137. The van der Waals surface area contributed by atoms with Gasteiger partial charge >= 0.3 is 6.18 Å².